The average molecular weight is 1450 g/mol. The van der Waals surface area contributed by atoms with E-state index in [9.17, 15) is 63.6 Å². The van der Waals surface area contributed by atoms with Crippen molar-refractivity contribution in [3.63, 3.8) is 0 Å². The third kappa shape index (κ3) is 18.8. The number of rotatable bonds is 33. The van der Waals surface area contributed by atoms with Crippen molar-refractivity contribution in [2.75, 3.05) is 86.8 Å². The fraction of sp³-hybridized carbons (Fsp3) is 0.551. The number of hydrogen-bond acceptors (Lipinski definition) is 20. The second-order valence-electron chi connectivity index (χ2n) is 26.1. The molecule has 8 amide bonds. The van der Waals surface area contributed by atoms with E-state index in [1.165, 1.54) is 53.5 Å². The van der Waals surface area contributed by atoms with Crippen molar-refractivity contribution in [2.45, 2.75) is 154 Å². The van der Waals surface area contributed by atoms with Crippen molar-refractivity contribution in [3.8, 4) is 11.5 Å². The van der Waals surface area contributed by atoms with Crippen molar-refractivity contribution in [1.82, 2.24) is 20.4 Å². The molecular weight excluding hydrogens is 1360 g/mol. The molecule has 30 heteroatoms. The molecule has 0 spiro atoms. The number of carbonyl (C=O) groups is 9. The molecule has 3 aliphatic heterocycles. The van der Waals surface area contributed by atoms with Crippen LogP contribution in [0.4, 0.5) is 31.4 Å². The smallest absolute Gasteiger partial charge is 0.415 e. The van der Waals surface area contributed by atoms with Gasteiger partial charge in [-0.15, -0.1) is 45.9 Å². The zero-order valence-electron chi connectivity index (χ0n) is 56.7. The van der Waals surface area contributed by atoms with E-state index in [0.29, 0.717) is 64.3 Å². The molecule has 8 rings (SSSR count). The molecule has 99 heavy (non-hydrogen) atoms. The van der Waals surface area contributed by atoms with Crippen molar-refractivity contribution in [3.05, 3.63) is 75.0 Å². The lowest BCUT2D eigenvalue weighted by molar-refractivity contribution is -0.277. The molecule has 26 nitrogen and oxygen atoms in total. The number of primary amides is 1. The van der Waals surface area contributed by atoms with Crippen LogP contribution in [0.25, 0.3) is 20.2 Å². The molecule has 2 aromatic heterocycles. The normalized spacial score (nSPS) is 19.6. The number of aliphatic hydroxyl groups is 4. The van der Waals surface area contributed by atoms with Gasteiger partial charge in [0.15, 0.2) is 11.5 Å². The number of thiophene rings is 2. The van der Waals surface area contributed by atoms with E-state index in [1.807, 2.05) is 24.6 Å². The molecule has 5 aromatic rings. The molecular formula is C69H91Cl2N9O17S2. The third-order valence-corrected chi connectivity index (χ3v) is 21.3. The fourth-order valence-electron chi connectivity index (χ4n) is 12.8. The summed E-state index contributed by atoms with van der Waals surface area (Å²) in [5.74, 6) is -3.42. The van der Waals surface area contributed by atoms with E-state index in [0.717, 1.165) is 33.0 Å². The molecule has 0 bridgehead atoms. The third-order valence-electron chi connectivity index (χ3n) is 18.3. The van der Waals surface area contributed by atoms with E-state index in [2.05, 4.69) is 16.0 Å². The first-order valence-electron chi connectivity index (χ1n) is 33.3. The van der Waals surface area contributed by atoms with E-state index < -0.39 is 85.2 Å². The fourth-order valence-corrected chi connectivity index (χ4v) is 15.4. The Hall–Kier alpha value is -7.25. The number of hydrogen-bond donors (Lipinski definition) is 9. The minimum atomic E-state index is -1.67. The molecule has 0 radical (unpaired) electrons. The number of halogens is 2. The highest BCUT2D eigenvalue weighted by molar-refractivity contribution is 7.18. The summed E-state index contributed by atoms with van der Waals surface area (Å²) in [6.07, 6.45) is -6.81. The number of carbonyl (C=O) groups excluding carboxylic acids is 9. The van der Waals surface area contributed by atoms with Crippen LogP contribution < -0.4 is 46.7 Å². The Kier molecular flexibility index (Phi) is 27.7. The summed E-state index contributed by atoms with van der Waals surface area (Å²) < 4.78 is 24.9. The molecule has 0 unspecified atom stereocenters. The van der Waals surface area contributed by atoms with Crippen LogP contribution in [-0.2, 0) is 44.8 Å². The van der Waals surface area contributed by atoms with Crippen LogP contribution in [0, 0.1) is 31.6 Å². The highest BCUT2D eigenvalue weighted by Gasteiger charge is 2.46. The maximum atomic E-state index is 14.4. The number of ketones is 2. The zero-order valence-corrected chi connectivity index (χ0v) is 59.9. The predicted molar refractivity (Wildman–Crippen MR) is 378 cm³/mol. The summed E-state index contributed by atoms with van der Waals surface area (Å²) in [5.41, 5.74) is 16.5. The van der Waals surface area contributed by atoms with Gasteiger partial charge in [-0.3, -0.25) is 24.0 Å². The van der Waals surface area contributed by atoms with E-state index >= 15 is 0 Å². The number of anilines is 3. The molecule has 3 aromatic carbocycles. The number of urea groups is 1. The summed E-state index contributed by atoms with van der Waals surface area (Å²) in [6, 6.07) is 8.22. The van der Waals surface area contributed by atoms with Gasteiger partial charge in [-0.25, -0.2) is 14.4 Å². The Labute approximate surface area is 592 Å². The molecule has 0 aliphatic carbocycles. The summed E-state index contributed by atoms with van der Waals surface area (Å²) in [4.78, 5) is 126. The number of nitrogens with two attached hydrogens (primary N) is 2. The van der Waals surface area contributed by atoms with E-state index in [1.54, 1.807) is 60.0 Å². The van der Waals surface area contributed by atoms with E-state index in [-0.39, 0.29) is 142 Å². The quantitative estimate of drug-likeness (QED) is 0.0144. The van der Waals surface area contributed by atoms with Gasteiger partial charge in [0.05, 0.1) is 33.4 Å². The second kappa shape index (κ2) is 35.4. The Morgan fingerprint density at radius 1 is 0.737 bits per heavy atom. The maximum Gasteiger partial charge on any atom is 0.415 e. The lowest BCUT2D eigenvalue weighted by Crippen LogP contribution is -2.60. The lowest BCUT2D eigenvalue weighted by atomic mass is 9.88. The van der Waals surface area contributed by atoms with Gasteiger partial charge in [0.2, 0.25) is 29.9 Å². The van der Waals surface area contributed by atoms with Crippen LogP contribution >= 0.6 is 45.9 Å². The Morgan fingerprint density at radius 3 is 1.84 bits per heavy atom. The molecule has 1 saturated heterocycles. The lowest BCUT2D eigenvalue weighted by Gasteiger charge is -2.39. The number of likely N-dealkylation sites (N-methyl/N-ethyl adjacent to an activating group) is 2. The summed E-state index contributed by atoms with van der Waals surface area (Å²) >= 11 is 16.0. The van der Waals surface area contributed by atoms with Crippen molar-refractivity contribution in [2.24, 2.45) is 29.2 Å². The number of amides is 8. The number of fused-ring (bicyclic) bond motifs is 6. The summed E-state index contributed by atoms with van der Waals surface area (Å²) in [6.45, 7) is 9.24. The van der Waals surface area contributed by atoms with Gasteiger partial charge >= 0.3 is 18.2 Å². The van der Waals surface area contributed by atoms with Gasteiger partial charge in [-0.1, -0.05) is 32.4 Å². The van der Waals surface area contributed by atoms with Gasteiger partial charge in [-0.2, -0.15) is 0 Å². The first-order valence-corrected chi connectivity index (χ1v) is 36.1. The SMILES string of the molecule is CC(=O)C[C@@H](CCCCN)C(=O)N[C@H](C(=O)C[C@@H](CCCNC(N)=O)C(=O)Nc1ccc(COC(=O)N(C)CCN(C)C(=O)Oc2cc3c(c4c(C)csc24)[C@H](CCl)CN3C(=O)CCCC(=O)N2C[C@@H](CCl)c3c2cc(O[C@@H]2O[C@H](CO)[C@H](O)[C@H](O)[C@H]2O)c2scc(C)c32)cc1)C(C)C. The van der Waals surface area contributed by atoms with Crippen LogP contribution in [-0.4, -0.2) is 192 Å². The molecule has 5 heterocycles. The molecule has 1 fully saturated rings. The van der Waals surface area contributed by atoms with Gasteiger partial charge in [0.25, 0.3) is 0 Å². The average Bonchev–Trinajstić information content (AvgIpc) is 1.60. The van der Waals surface area contributed by atoms with Crippen LogP contribution in [0.3, 0.4) is 0 Å². The first-order chi connectivity index (χ1) is 47.2. The number of nitrogens with one attached hydrogen (secondary N) is 3. The largest absolute Gasteiger partial charge is 0.460 e. The zero-order chi connectivity index (χ0) is 72.1. The van der Waals surface area contributed by atoms with Crippen molar-refractivity contribution < 1.29 is 82.5 Å². The maximum absolute atomic E-state index is 14.4. The Balaban J connectivity index is 0.848. The van der Waals surface area contributed by atoms with Gasteiger partial charge in [0, 0.05) is 137 Å². The number of aliphatic hydroxyl groups excluding tert-OH is 4. The number of Topliss-reactive ketones (excluding diaryl/α,β-unsaturated/α-hetero) is 2. The Bertz CT molecular complexity index is 3740. The monoisotopic (exact) mass is 1450 g/mol. The van der Waals surface area contributed by atoms with Gasteiger partial charge in [0.1, 0.15) is 42.6 Å². The van der Waals surface area contributed by atoms with Crippen molar-refractivity contribution in [1.29, 1.82) is 0 Å². The molecule has 3 aliphatic rings. The number of unbranched alkanes of at least 4 members (excludes halogenated alkanes) is 1. The number of nitrogens with zero attached hydrogens (tertiary/aromatic N) is 4. The van der Waals surface area contributed by atoms with Crippen LogP contribution in [0.15, 0.2) is 47.2 Å². The van der Waals surface area contributed by atoms with Crippen molar-refractivity contribution >= 4 is 137 Å². The number of benzene rings is 3. The standard InChI is InChI=1S/C69H91Cl2N9O17S2/c1-36(2)58(76-65(90)41(24-39(5)82)12-8-9-20-72)48(83)25-42(13-11-21-74-67(73)91)64(89)75-45-18-16-40(17-19-45)33-94-68(92)77(6)22-23-78(7)69(93)97-50-27-47-57(55-38(4)35-99-63(50)55)44(29-71)31-80(47)53(85)15-10-14-52(84)79-30-43(28-70)56-46(79)26-49(62-54(56)37(3)34-98-62)95-66-61(88)60(87)59(86)51(32-81)96-66/h16-19,26-27,34-36,41-44,51,58-61,66,81,86-88H,8-15,20-25,28-33,72H2,1-7H3,(H,75,89)(H,76,90)(H3,73,74,91)/t41-,42-,43-,44-,51-,58+,59+,60+,61-,66-/m1/s1. The summed E-state index contributed by atoms with van der Waals surface area (Å²) in [5, 5.41) is 55.3. The minimum Gasteiger partial charge on any atom is -0.460 e. The Morgan fingerprint density at radius 2 is 1.29 bits per heavy atom. The van der Waals surface area contributed by atoms with Crippen LogP contribution in [0.5, 0.6) is 11.5 Å². The number of aryl methyl sites for hydroxylation is 2. The number of alkyl halides is 2. The topological polar surface area (TPSA) is 373 Å². The van der Waals surface area contributed by atoms with E-state index in [4.69, 9.17) is 53.6 Å². The highest BCUT2D eigenvalue weighted by Crippen LogP contribution is 2.51. The predicted octanol–water partition coefficient (Wildman–Crippen LogP) is 7.65. The van der Waals surface area contributed by atoms with Gasteiger partial charge < -0.3 is 91.2 Å². The minimum absolute atomic E-state index is 0.0159. The van der Waals surface area contributed by atoms with Crippen LogP contribution in [0.2, 0.25) is 0 Å². The molecule has 540 valence electrons. The first kappa shape index (κ1) is 77.5. The second-order valence-corrected chi connectivity index (χ2v) is 28.5. The molecule has 10 atom stereocenters. The summed E-state index contributed by atoms with van der Waals surface area (Å²) in [7, 11) is 3.04. The highest BCUT2D eigenvalue weighted by atomic mass is 35.5. The molecule has 11 N–H and O–H groups in total. The molecule has 0 saturated carbocycles. The van der Waals surface area contributed by atoms with Crippen LogP contribution in [0.1, 0.15) is 125 Å². The van der Waals surface area contributed by atoms with Gasteiger partial charge in [-0.05, 0) is 116 Å². The number of ether oxygens (including phenoxy) is 4.